The number of carbonyl (C=O) groups excluding carboxylic acids is 1. The molecule has 0 atom stereocenters. The summed E-state index contributed by atoms with van der Waals surface area (Å²) in [5.74, 6) is 1.64. The van der Waals surface area contributed by atoms with Crippen LogP contribution >= 0.6 is 0 Å². The highest BCUT2D eigenvalue weighted by Gasteiger charge is 2.05. The summed E-state index contributed by atoms with van der Waals surface area (Å²) in [5, 5.41) is 3.96. The standard InChI is InChI=1S/C21H26N2O4/c1-5-8-26-19-7-6-17(12-20(19)25-4)13-22-23-21(24)14-27-18-10-15(2)9-16(3)11-18/h6-7,9-13H,5,8,14H2,1-4H3,(H,23,24)/b22-13-. The number of aryl methyl sites for hydroxylation is 2. The Morgan fingerprint density at radius 3 is 2.48 bits per heavy atom. The van der Waals surface area contributed by atoms with Gasteiger partial charge in [-0.05, 0) is 67.3 Å². The van der Waals surface area contributed by atoms with Crippen molar-refractivity contribution in [1.29, 1.82) is 0 Å². The number of benzene rings is 2. The fraction of sp³-hybridized carbons (Fsp3) is 0.333. The number of hydrogen-bond donors (Lipinski definition) is 1. The Hall–Kier alpha value is -3.02. The minimum absolute atomic E-state index is 0.104. The third kappa shape index (κ3) is 6.66. The monoisotopic (exact) mass is 370 g/mol. The van der Waals surface area contributed by atoms with E-state index in [4.69, 9.17) is 14.2 Å². The van der Waals surface area contributed by atoms with Crippen LogP contribution in [0.25, 0.3) is 0 Å². The maximum absolute atomic E-state index is 11.9. The Morgan fingerprint density at radius 2 is 1.81 bits per heavy atom. The average Bonchev–Trinajstić information content (AvgIpc) is 2.64. The number of carbonyl (C=O) groups is 1. The van der Waals surface area contributed by atoms with Crippen molar-refractivity contribution >= 4 is 12.1 Å². The summed E-state index contributed by atoms with van der Waals surface area (Å²) in [4.78, 5) is 11.9. The summed E-state index contributed by atoms with van der Waals surface area (Å²) in [6, 6.07) is 11.3. The van der Waals surface area contributed by atoms with Crippen LogP contribution in [0.5, 0.6) is 17.2 Å². The Bertz CT molecular complexity index is 783. The molecular weight excluding hydrogens is 344 g/mol. The first kappa shape index (κ1) is 20.3. The Kier molecular flexibility index (Phi) is 7.67. The van der Waals surface area contributed by atoms with Crippen LogP contribution in [-0.2, 0) is 4.79 Å². The minimum atomic E-state index is -0.333. The van der Waals surface area contributed by atoms with Gasteiger partial charge in [0.2, 0.25) is 0 Å². The van der Waals surface area contributed by atoms with Gasteiger partial charge in [0.05, 0.1) is 19.9 Å². The highest BCUT2D eigenvalue weighted by Crippen LogP contribution is 2.27. The molecule has 0 bridgehead atoms. The largest absolute Gasteiger partial charge is 0.493 e. The molecule has 6 nitrogen and oxygen atoms in total. The quantitative estimate of drug-likeness (QED) is 0.541. The lowest BCUT2D eigenvalue weighted by Gasteiger charge is -2.10. The van der Waals surface area contributed by atoms with Gasteiger partial charge in [0, 0.05) is 0 Å². The van der Waals surface area contributed by atoms with Crippen molar-refractivity contribution < 1.29 is 19.0 Å². The topological polar surface area (TPSA) is 69.2 Å². The fourth-order valence-corrected chi connectivity index (χ4v) is 2.47. The lowest BCUT2D eigenvalue weighted by Crippen LogP contribution is -2.24. The third-order valence-electron chi connectivity index (χ3n) is 3.62. The van der Waals surface area contributed by atoms with E-state index < -0.39 is 0 Å². The summed E-state index contributed by atoms with van der Waals surface area (Å²) < 4.78 is 16.4. The van der Waals surface area contributed by atoms with Crippen molar-refractivity contribution in [2.45, 2.75) is 27.2 Å². The van der Waals surface area contributed by atoms with Crippen LogP contribution in [0, 0.1) is 13.8 Å². The van der Waals surface area contributed by atoms with Gasteiger partial charge in [-0.2, -0.15) is 5.10 Å². The summed E-state index contributed by atoms with van der Waals surface area (Å²) in [6.07, 6.45) is 2.46. The van der Waals surface area contributed by atoms with E-state index in [0.29, 0.717) is 23.9 Å². The van der Waals surface area contributed by atoms with Gasteiger partial charge in [0.1, 0.15) is 5.75 Å². The van der Waals surface area contributed by atoms with Crippen molar-refractivity contribution in [2.75, 3.05) is 20.3 Å². The van der Waals surface area contributed by atoms with E-state index in [9.17, 15) is 4.79 Å². The Morgan fingerprint density at radius 1 is 1.07 bits per heavy atom. The van der Waals surface area contributed by atoms with Crippen LogP contribution in [0.4, 0.5) is 0 Å². The zero-order valence-corrected chi connectivity index (χ0v) is 16.2. The molecule has 0 unspecified atom stereocenters. The van der Waals surface area contributed by atoms with E-state index in [-0.39, 0.29) is 12.5 Å². The zero-order valence-electron chi connectivity index (χ0n) is 16.2. The van der Waals surface area contributed by atoms with Crippen LogP contribution in [0.3, 0.4) is 0 Å². The average molecular weight is 370 g/mol. The number of amides is 1. The van der Waals surface area contributed by atoms with Crippen LogP contribution in [0.15, 0.2) is 41.5 Å². The van der Waals surface area contributed by atoms with Crippen LogP contribution in [0.2, 0.25) is 0 Å². The van der Waals surface area contributed by atoms with Crippen molar-refractivity contribution in [3.05, 3.63) is 53.1 Å². The molecule has 27 heavy (non-hydrogen) atoms. The van der Waals surface area contributed by atoms with Gasteiger partial charge in [-0.25, -0.2) is 5.43 Å². The zero-order chi connectivity index (χ0) is 19.6. The molecule has 6 heteroatoms. The van der Waals surface area contributed by atoms with E-state index >= 15 is 0 Å². The van der Waals surface area contributed by atoms with Gasteiger partial charge in [0.15, 0.2) is 18.1 Å². The number of rotatable bonds is 9. The van der Waals surface area contributed by atoms with Gasteiger partial charge in [0.25, 0.3) is 5.91 Å². The molecule has 0 aromatic heterocycles. The normalized spacial score (nSPS) is 10.7. The molecule has 0 heterocycles. The number of nitrogens with one attached hydrogen (secondary N) is 1. The highest BCUT2D eigenvalue weighted by molar-refractivity contribution is 5.83. The molecule has 0 aliphatic heterocycles. The summed E-state index contributed by atoms with van der Waals surface area (Å²) in [5.41, 5.74) is 5.41. The van der Waals surface area contributed by atoms with E-state index in [1.807, 2.05) is 51.1 Å². The molecule has 2 aromatic rings. The summed E-state index contributed by atoms with van der Waals surface area (Å²) >= 11 is 0. The SMILES string of the molecule is CCCOc1ccc(/C=N\NC(=O)COc2cc(C)cc(C)c2)cc1OC. The van der Waals surface area contributed by atoms with Gasteiger partial charge in [-0.1, -0.05) is 13.0 Å². The first-order valence-corrected chi connectivity index (χ1v) is 8.85. The lowest BCUT2D eigenvalue weighted by molar-refractivity contribution is -0.123. The predicted octanol–water partition coefficient (Wildman–Crippen LogP) is 3.63. The molecule has 0 radical (unpaired) electrons. The van der Waals surface area contributed by atoms with E-state index in [2.05, 4.69) is 10.5 Å². The maximum Gasteiger partial charge on any atom is 0.277 e. The molecule has 0 spiro atoms. The van der Waals surface area contributed by atoms with Crippen molar-refractivity contribution in [1.82, 2.24) is 5.43 Å². The maximum atomic E-state index is 11.9. The summed E-state index contributed by atoms with van der Waals surface area (Å²) in [6.45, 7) is 6.53. The molecule has 0 saturated carbocycles. The second-order valence-electron chi connectivity index (χ2n) is 6.16. The van der Waals surface area contributed by atoms with Crippen LogP contribution in [-0.4, -0.2) is 32.4 Å². The molecular formula is C21H26N2O4. The van der Waals surface area contributed by atoms with Gasteiger partial charge < -0.3 is 14.2 Å². The molecule has 1 N–H and O–H groups in total. The first-order valence-electron chi connectivity index (χ1n) is 8.85. The van der Waals surface area contributed by atoms with Crippen molar-refractivity contribution in [2.24, 2.45) is 5.10 Å². The fourth-order valence-electron chi connectivity index (χ4n) is 2.47. The van der Waals surface area contributed by atoms with Crippen LogP contribution in [0.1, 0.15) is 30.0 Å². The minimum Gasteiger partial charge on any atom is -0.493 e. The predicted molar refractivity (Wildman–Crippen MR) is 106 cm³/mol. The van der Waals surface area contributed by atoms with E-state index in [0.717, 1.165) is 23.1 Å². The Labute approximate surface area is 160 Å². The van der Waals surface area contributed by atoms with Gasteiger partial charge in [-0.15, -0.1) is 0 Å². The molecule has 0 saturated heterocycles. The molecule has 2 rings (SSSR count). The number of nitrogens with zero attached hydrogens (tertiary/aromatic N) is 1. The number of hydrogen-bond acceptors (Lipinski definition) is 5. The lowest BCUT2D eigenvalue weighted by atomic mass is 10.1. The summed E-state index contributed by atoms with van der Waals surface area (Å²) in [7, 11) is 1.58. The van der Waals surface area contributed by atoms with Crippen LogP contribution < -0.4 is 19.6 Å². The number of ether oxygens (including phenoxy) is 3. The first-order chi connectivity index (χ1) is 13.0. The molecule has 0 fully saturated rings. The smallest absolute Gasteiger partial charge is 0.277 e. The van der Waals surface area contributed by atoms with Gasteiger partial charge >= 0.3 is 0 Å². The highest BCUT2D eigenvalue weighted by atomic mass is 16.5. The van der Waals surface area contributed by atoms with E-state index in [1.54, 1.807) is 19.4 Å². The number of methoxy groups -OCH3 is 1. The molecule has 0 aliphatic rings. The van der Waals surface area contributed by atoms with Gasteiger partial charge in [-0.3, -0.25) is 4.79 Å². The van der Waals surface area contributed by atoms with Crippen molar-refractivity contribution in [3.63, 3.8) is 0 Å². The van der Waals surface area contributed by atoms with E-state index in [1.165, 1.54) is 0 Å². The molecule has 0 aliphatic carbocycles. The molecule has 2 aromatic carbocycles. The molecule has 1 amide bonds. The van der Waals surface area contributed by atoms with Crippen molar-refractivity contribution in [3.8, 4) is 17.2 Å². The molecule has 144 valence electrons. The second-order valence-corrected chi connectivity index (χ2v) is 6.16. The third-order valence-corrected chi connectivity index (χ3v) is 3.62. The Balaban J connectivity index is 1.87. The number of hydrazone groups is 1. The second kappa shape index (κ2) is 10.2.